The number of hydrogen-bond donors (Lipinski definition) is 2. The number of nitrogens with one attached hydrogen (secondary N) is 1. The normalized spacial score (nSPS) is 10.3. The van der Waals surface area contributed by atoms with E-state index in [2.05, 4.69) is 21.2 Å². The lowest BCUT2D eigenvalue weighted by molar-refractivity contribution is 0.102. The van der Waals surface area contributed by atoms with Gasteiger partial charge in [0, 0.05) is 9.50 Å². The molecule has 0 heterocycles. The van der Waals surface area contributed by atoms with Gasteiger partial charge in [-0.2, -0.15) is 0 Å². The summed E-state index contributed by atoms with van der Waals surface area (Å²) in [6.07, 6.45) is 0. The maximum atomic E-state index is 13.5. The van der Waals surface area contributed by atoms with Gasteiger partial charge in [-0.1, -0.05) is 27.5 Å². The van der Waals surface area contributed by atoms with Gasteiger partial charge < -0.3 is 10.4 Å². The van der Waals surface area contributed by atoms with Crippen LogP contribution in [0, 0.1) is 5.82 Å². The first kappa shape index (κ1) is 13.8. The van der Waals surface area contributed by atoms with Crippen molar-refractivity contribution in [3.05, 3.63) is 57.3 Å². The Morgan fingerprint density at radius 3 is 2.74 bits per heavy atom. The molecule has 6 heteroatoms. The predicted molar refractivity (Wildman–Crippen MR) is 75.2 cm³/mol. The molecule has 0 bridgehead atoms. The second-order valence-corrected chi connectivity index (χ2v) is 5.09. The van der Waals surface area contributed by atoms with Gasteiger partial charge in [0.25, 0.3) is 5.91 Å². The quantitative estimate of drug-likeness (QED) is 0.858. The topological polar surface area (TPSA) is 49.3 Å². The van der Waals surface area contributed by atoms with Crippen LogP contribution < -0.4 is 5.32 Å². The fourth-order valence-corrected chi connectivity index (χ4v) is 2.01. The molecule has 0 aromatic heterocycles. The molecule has 2 aromatic rings. The van der Waals surface area contributed by atoms with E-state index in [4.69, 9.17) is 11.6 Å². The number of aromatic hydroxyl groups is 1. The number of rotatable bonds is 2. The van der Waals surface area contributed by atoms with E-state index in [1.54, 1.807) is 0 Å². The first-order valence-corrected chi connectivity index (χ1v) is 6.39. The van der Waals surface area contributed by atoms with Crippen LogP contribution in [0.3, 0.4) is 0 Å². The van der Waals surface area contributed by atoms with Crippen molar-refractivity contribution in [2.24, 2.45) is 0 Å². The SMILES string of the molecule is O=C(Nc1cc(Br)ccc1F)c1cc(Cl)ccc1O. The monoisotopic (exact) mass is 343 g/mol. The van der Waals surface area contributed by atoms with Crippen LogP contribution in [-0.4, -0.2) is 11.0 Å². The maximum absolute atomic E-state index is 13.5. The third kappa shape index (κ3) is 3.24. The lowest BCUT2D eigenvalue weighted by atomic mass is 10.2. The minimum atomic E-state index is -0.642. The van der Waals surface area contributed by atoms with E-state index < -0.39 is 11.7 Å². The number of amides is 1. The zero-order chi connectivity index (χ0) is 14.0. The van der Waals surface area contributed by atoms with E-state index in [0.717, 1.165) is 0 Å². The summed E-state index contributed by atoms with van der Waals surface area (Å²) in [6, 6.07) is 8.22. The molecule has 2 N–H and O–H groups in total. The zero-order valence-corrected chi connectivity index (χ0v) is 11.8. The molecule has 0 saturated heterocycles. The van der Waals surface area contributed by atoms with Crippen LogP contribution in [0.4, 0.5) is 10.1 Å². The second-order valence-electron chi connectivity index (χ2n) is 3.74. The molecule has 19 heavy (non-hydrogen) atoms. The van der Waals surface area contributed by atoms with Crippen LogP contribution in [0.2, 0.25) is 5.02 Å². The van der Waals surface area contributed by atoms with Crippen molar-refractivity contribution >= 4 is 39.1 Å². The Morgan fingerprint density at radius 1 is 1.26 bits per heavy atom. The molecule has 0 saturated carbocycles. The number of phenolic OH excluding ortho intramolecular Hbond substituents is 1. The van der Waals surface area contributed by atoms with Crippen LogP contribution in [0.5, 0.6) is 5.75 Å². The average Bonchev–Trinajstić information content (AvgIpc) is 2.36. The van der Waals surface area contributed by atoms with E-state index in [0.29, 0.717) is 9.50 Å². The van der Waals surface area contributed by atoms with Crippen molar-refractivity contribution in [1.29, 1.82) is 0 Å². The molecule has 0 aliphatic rings. The molecule has 0 radical (unpaired) electrons. The summed E-state index contributed by atoms with van der Waals surface area (Å²) in [5.41, 5.74) is -0.00868. The Kier molecular flexibility index (Phi) is 4.07. The molecule has 2 rings (SSSR count). The fraction of sp³-hybridized carbons (Fsp3) is 0. The molecule has 0 unspecified atom stereocenters. The number of carbonyl (C=O) groups is 1. The highest BCUT2D eigenvalue weighted by Gasteiger charge is 2.14. The van der Waals surface area contributed by atoms with E-state index >= 15 is 0 Å². The van der Waals surface area contributed by atoms with Crippen LogP contribution in [-0.2, 0) is 0 Å². The summed E-state index contributed by atoms with van der Waals surface area (Å²) < 4.78 is 14.1. The molecule has 0 fully saturated rings. The Labute approximate surface area is 122 Å². The molecule has 0 spiro atoms. The molecule has 2 aromatic carbocycles. The summed E-state index contributed by atoms with van der Waals surface area (Å²) in [6.45, 7) is 0. The lowest BCUT2D eigenvalue weighted by Crippen LogP contribution is -2.13. The minimum absolute atomic E-state index is 0.0127. The Bertz CT molecular complexity index is 649. The van der Waals surface area contributed by atoms with Gasteiger partial charge in [-0.3, -0.25) is 4.79 Å². The van der Waals surface area contributed by atoms with E-state index in [1.165, 1.54) is 36.4 Å². The van der Waals surface area contributed by atoms with Crippen molar-refractivity contribution in [3.63, 3.8) is 0 Å². The molecular formula is C13H8BrClFNO2. The highest BCUT2D eigenvalue weighted by Crippen LogP contribution is 2.24. The number of carbonyl (C=O) groups excluding carboxylic acids is 1. The van der Waals surface area contributed by atoms with Gasteiger partial charge in [-0.05, 0) is 36.4 Å². The Hall–Kier alpha value is -1.59. The van der Waals surface area contributed by atoms with Crippen molar-refractivity contribution in [3.8, 4) is 5.75 Å². The van der Waals surface area contributed by atoms with Crippen molar-refractivity contribution < 1.29 is 14.3 Å². The molecule has 0 aliphatic heterocycles. The van der Waals surface area contributed by atoms with Gasteiger partial charge in [-0.15, -0.1) is 0 Å². The summed E-state index contributed by atoms with van der Waals surface area (Å²) in [5.74, 6) is -1.44. The van der Waals surface area contributed by atoms with Crippen molar-refractivity contribution in [1.82, 2.24) is 0 Å². The number of halogens is 3. The summed E-state index contributed by atoms with van der Waals surface area (Å²) in [5, 5.41) is 12.3. The second kappa shape index (κ2) is 5.59. The summed E-state index contributed by atoms with van der Waals surface area (Å²) in [4.78, 5) is 11.9. The minimum Gasteiger partial charge on any atom is -0.507 e. The number of phenols is 1. The molecular weight excluding hydrogens is 337 g/mol. The average molecular weight is 345 g/mol. The highest BCUT2D eigenvalue weighted by atomic mass is 79.9. The smallest absolute Gasteiger partial charge is 0.259 e. The van der Waals surface area contributed by atoms with Crippen LogP contribution >= 0.6 is 27.5 Å². The number of hydrogen-bond acceptors (Lipinski definition) is 2. The van der Waals surface area contributed by atoms with Gasteiger partial charge in [0.2, 0.25) is 0 Å². The number of benzene rings is 2. The van der Waals surface area contributed by atoms with E-state index in [1.807, 2.05) is 0 Å². The first-order valence-electron chi connectivity index (χ1n) is 5.22. The molecule has 3 nitrogen and oxygen atoms in total. The van der Waals surface area contributed by atoms with Gasteiger partial charge in [0.15, 0.2) is 0 Å². The first-order chi connectivity index (χ1) is 8.97. The van der Waals surface area contributed by atoms with Crippen LogP contribution in [0.15, 0.2) is 40.9 Å². The van der Waals surface area contributed by atoms with Crippen molar-refractivity contribution in [2.45, 2.75) is 0 Å². The fourth-order valence-electron chi connectivity index (χ4n) is 1.47. The predicted octanol–water partition coefficient (Wildman–Crippen LogP) is 4.20. The largest absolute Gasteiger partial charge is 0.507 e. The summed E-state index contributed by atoms with van der Waals surface area (Å²) >= 11 is 8.93. The summed E-state index contributed by atoms with van der Waals surface area (Å²) in [7, 11) is 0. The third-order valence-electron chi connectivity index (χ3n) is 2.38. The molecule has 1 amide bonds. The van der Waals surface area contributed by atoms with Gasteiger partial charge in [-0.25, -0.2) is 4.39 Å². The highest BCUT2D eigenvalue weighted by molar-refractivity contribution is 9.10. The van der Waals surface area contributed by atoms with Gasteiger partial charge in [0.1, 0.15) is 11.6 Å². The number of anilines is 1. The Balaban J connectivity index is 2.30. The maximum Gasteiger partial charge on any atom is 0.259 e. The van der Waals surface area contributed by atoms with Crippen molar-refractivity contribution in [2.75, 3.05) is 5.32 Å². The molecule has 0 atom stereocenters. The lowest BCUT2D eigenvalue weighted by Gasteiger charge is -2.08. The van der Waals surface area contributed by atoms with Gasteiger partial charge in [0.05, 0.1) is 11.3 Å². The van der Waals surface area contributed by atoms with Gasteiger partial charge >= 0.3 is 0 Å². The van der Waals surface area contributed by atoms with Crippen LogP contribution in [0.1, 0.15) is 10.4 Å². The standard InChI is InChI=1S/C13H8BrClFNO2/c14-7-1-3-10(16)11(5-7)17-13(19)9-6-8(15)2-4-12(9)18/h1-6,18H,(H,17,19). The van der Waals surface area contributed by atoms with E-state index in [9.17, 15) is 14.3 Å². The molecule has 0 aliphatic carbocycles. The third-order valence-corrected chi connectivity index (χ3v) is 3.11. The Morgan fingerprint density at radius 2 is 2.00 bits per heavy atom. The zero-order valence-electron chi connectivity index (χ0n) is 9.45. The van der Waals surface area contributed by atoms with Crippen LogP contribution in [0.25, 0.3) is 0 Å². The molecule has 98 valence electrons. The van der Waals surface area contributed by atoms with E-state index in [-0.39, 0.29) is 17.0 Å².